The van der Waals surface area contributed by atoms with Crippen LogP contribution in [-0.2, 0) is 31.9 Å². The fourth-order valence-electron chi connectivity index (χ4n) is 8.92. The van der Waals surface area contributed by atoms with E-state index in [0.717, 1.165) is 83.7 Å². The van der Waals surface area contributed by atoms with Crippen LogP contribution in [0, 0.1) is 26.8 Å². The third kappa shape index (κ3) is 9.34. The number of hydrogen-bond donors (Lipinski definition) is 1. The van der Waals surface area contributed by atoms with Crippen molar-refractivity contribution in [1.29, 1.82) is 0 Å². The van der Waals surface area contributed by atoms with Crippen molar-refractivity contribution in [2.45, 2.75) is 92.8 Å². The fourth-order valence-corrected chi connectivity index (χ4v) is 8.92. The van der Waals surface area contributed by atoms with Gasteiger partial charge in [0.25, 0.3) is 0 Å². The van der Waals surface area contributed by atoms with Gasteiger partial charge in [-0.2, -0.15) is 0 Å². The average Bonchev–Trinajstić information content (AvgIpc) is 3.71. The molecule has 0 spiro atoms. The number of phenols is 1. The number of imidazole rings is 1. The van der Waals surface area contributed by atoms with Gasteiger partial charge in [-0.3, -0.25) is 9.55 Å². The summed E-state index contributed by atoms with van der Waals surface area (Å²) in [5.41, 5.74) is 15.8. The number of phenolic OH excluding ortho intramolecular Hbond substituents is 1. The van der Waals surface area contributed by atoms with E-state index in [1.165, 1.54) is 0 Å². The Morgan fingerprint density at radius 3 is 1.96 bits per heavy atom. The molecular weight excluding hydrogens is 998 g/mol. The van der Waals surface area contributed by atoms with Crippen molar-refractivity contribution in [3.8, 4) is 78.6 Å². The molecule has 340 valence electrons. The third-order valence-electron chi connectivity index (χ3n) is 12.8. The first kappa shape index (κ1) is 42.0. The van der Waals surface area contributed by atoms with Gasteiger partial charge >= 0.3 is 0 Å². The van der Waals surface area contributed by atoms with Crippen LogP contribution in [0.15, 0.2) is 152 Å². The third-order valence-corrected chi connectivity index (χ3v) is 12.8. The predicted molar refractivity (Wildman–Crippen MR) is 278 cm³/mol. The minimum Gasteiger partial charge on any atom is -0.507 e. The number of aryl methyl sites for hydroxylation is 3. The first-order chi connectivity index (χ1) is 33.0. The number of hydrogen-bond acceptors (Lipinski definition) is 3. The van der Waals surface area contributed by atoms with Gasteiger partial charge in [0.15, 0.2) is 0 Å². The van der Waals surface area contributed by atoms with Crippen molar-refractivity contribution in [3.63, 3.8) is 0 Å². The van der Waals surface area contributed by atoms with Gasteiger partial charge in [-0.05, 0) is 123 Å². The second-order valence-corrected chi connectivity index (χ2v) is 20.0. The number of benzene rings is 7. The summed E-state index contributed by atoms with van der Waals surface area (Å²) in [6.45, 7) is 18.4. The minimum absolute atomic E-state index is 0. The van der Waals surface area contributed by atoms with E-state index in [0.29, 0.717) is 28.0 Å². The Morgan fingerprint density at radius 1 is 0.612 bits per heavy atom. The van der Waals surface area contributed by atoms with E-state index in [2.05, 4.69) is 113 Å². The van der Waals surface area contributed by atoms with Crippen molar-refractivity contribution >= 4 is 11.0 Å². The molecule has 9 rings (SSSR count). The second-order valence-electron chi connectivity index (χ2n) is 20.0. The van der Waals surface area contributed by atoms with Crippen LogP contribution in [0.3, 0.4) is 0 Å². The van der Waals surface area contributed by atoms with Crippen molar-refractivity contribution in [1.82, 2.24) is 14.5 Å². The molecule has 2 heterocycles. The van der Waals surface area contributed by atoms with Gasteiger partial charge in [0, 0.05) is 44.0 Å². The number of nitrogens with zero attached hydrogens (tertiary/aromatic N) is 3. The molecule has 0 bridgehead atoms. The van der Waals surface area contributed by atoms with E-state index in [4.69, 9.17) is 15.5 Å². The molecule has 9 aromatic rings. The average molecular weight is 1060 g/mol. The summed E-state index contributed by atoms with van der Waals surface area (Å²) >= 11 is 0. The van der Waals surface area contributed by atoms with Gasteiger partial charge in [-0.1, -0.05) is 170 Å². The summed E-state index contributed by atoms with van der Waals surface area (Å²) in [6, 6.07) is 52.4. The molecule has 7 aromatic carbocycles. The van der Waals surface area contributed by atoms with Crippen molar-refractivity contribution in [3.05, 3.63) is 191 Å². The van der Waals surface area contributed by atoms with Gasteiger partial charge in [0.1, 0.15) is 11.6 Å². The molecular formula is C62H60N3OPt-. The molecule has 1 N–H and O–H groups in total. The SMILES string of the molecule is [2H]C([2H])([2H])c1cc(-c2ccc(C(C)(C)C)cc2)c(-n2c(-c3cc(C)cc(C)c3O)nc3c(-c4[c-]c(-c5cc(-c6ccc(C([2H])(C)C)cc6)ccn5)cc(C(C)(C)C)c4)cccc32)cc1-c1ccccc1.[Pt]. The molecule has 4 nitrogen and oxygen atoms in total. The van der Waals surface area contributed by atoms with Crippen LogP contribution >= 0.6 is 0 Å². The summed E-state index contributed by atoms with van der Waals surface area (Å²) in [4.78, 5) is 10.5. The largest absolute Gasteiger partial charge is 0.507 e. The zero-order valence-corrected chi connectivity index (χ0v) is 42.3. The molecule has 0 radical (unpaired) electrons. The maximum atomic E-state index is 12.0. The number of rotatable bonds is 8. The van der Waals surface area contributed by atoms with E-state index < -0.39 is 12.7 Å². The van der Waals surface area contributed by atoms with Gasteiger partial charge in [0.2, 0.25) is 0 Å². The van der Waals surface area contributed by atoms with Crippen LogP contribution in [-0.4, -0.2) is 19.6 Å². The molecule has 2 aromatic heterocycles. The minimum atomic E-state index is -2.44. The monoisotopic (exact) mass is 1060 g/mol. The molecule has 0 saturated carbocycles. The zero-order chi connectivity index (χ0) is 50.1. The Bertz CT molecular complexity index is 3430. The standard InChI is InChI=1S/C62H60N3O.Pt/c1-38(2)42-20-22-43(23-21-42)46-28-29-63-55(36-46)48-33-47(34-50(35-48)62(9,10)11)51-18-15-19-56-58(51)64-60(54-31-39(3)30-41(5)59(54)66)65(56)57-37-52(44-16-13-12-14-17-44)40(4)32-53(57)45-24-26-49(27-25-45)61(6,7)8;/h12-32,34-38,66H,1-11H3;/q-1;/i4D3,38D;. The van der Waals surface area contributed by atoms with Crippen LogP contribution in [0.25, 0.3) is 83.9 Å². The molecule has 5 heteroatoms. The molecule has 0 aliphatic rings. The Morgan fingerprint density at radius 2 is 1.28 bits per heavy atom. The Kier molecular flexibility index (Phi) is 11.5. The summed E-state index contributed by atoms with van der Waals surface area (Å²) < 4.78 is 37.3. The van der Waals surface area contributed by atoms with Crippen molar-refractivity contribution in [2.75, 3.05) is 0 Å². The number of aromatic nitrogens is 3. The molecule has 0 saturated heterocycles. The topological polar surface area (TPSA) is 50.9 Å². The van der Waals surface area contributed by atoms with Crippen LogP contribution in [0.1, 0.15) is 100 Å². The quantitative estimate of drug-likeness (QED) is 0.154. The van der Waals surface area contributed by atoms with Gasteiger partial charge < -0.3 is 5.11 Å². The summed E-state index contributed by atoms with van der Waals surface area (Å²) in [5.74, 6) is -0.0635. The van der Waals surface area contributed by atoms with E-state index >= 15 is 0 Å². The Labute approximate surface area is 417 Å². The number of para-hydroxylation sites is 1. The summed E-state index contributed by atoms with van der Waals surface area (Å²) in [7, 11) is 0. The Balaban J connectivity index is 0.00000676. The normalized spacial score (nSPS) is 13.1. The summed E-state index contributed by atoms with van der Waals surface area (Å²) in [6.07, 6.45) is 1.84. The van der Waals surface area contributed by atoms with Gasteiger partial charge in [-0.25, -0.2) is 4.98 Å². The van der Waals surface area contributed by atoms with E-state index in [-0.39, 0.29) is 43.2 Å². The molecule has 0 amide bonds. The molecule has 0 aliphatic carbocycles. The van der Waals surface area contributed by atoms with E-state index in [9.17, 15) is 5.11 Å². The molecule has 0 fully saturated rings. The maximum Gasteiger partial charge on any atom is 0.148 e. The second kappa shape index (κ2) is 18.4. The number of pyridine rings is 1. The first-order valence-corrected chi connectivity index (χ1v) is 22.8. The molecule has 0 atom stereocenters. The Hall–Kier alpha value is -6.35. The van der Waals surface area contributed by atoms with Gasteiger partial charge in [-0.15, -0.1) is 29.3 Å². The number of aromatic hydroxyl groups is 1. The van der Waals surface area contributed by atoms with E-state index in [1.807, 2.05) is 119 Å². The van der Waals surface area contributed by atoms with E-state index in [1.54, 1.807) is 0 Å². The summed E-state index contributed by atoms with van der Waals surface area (Å²) in [5, 5.41) is 12.0. The molecule has 0 aliphatic heterocycles. The molecule has 67 heavy (non-hydrogen) atoms. The molecule has 0 unspecified atom stereocenters. The van der Waals surface area contributed by atoms with Crippen LogP contribution in [0.5, 0.6) is 5.75 Å². The van der Waals surface area contributed by atoms with Crippen molar-refractivity contribution in [2.24, 2.45) is 0 Å². The maximum absolute atomic E-state index is 12.0. The number of fused-ring (bicyclic) bond motifs is 1. The first-order valence-electron chi connectivity index (χ1n) is 24.8. The fraction of sp³-hybridized carbons (Fsp3) is 0.226. The predicted octanol–water partition coefficient (Wildman–Crippen LogP) is 16.6. The smallest absolute Gasteiger partial charge is 0.148 e. The van der Waals surface area contributed by atoms with Crippen LogP contribution < -0.4 is 0 Å². The zero-order valence-electron chi connectivity index (χ0n) is 44.0. The van der Waals surface area contributed by atoms with Crippen LogP contribution in [0.2, 0.25) is 0 Å². The van der Waals surface area contributed by atoms with Gasteiger partial charge in [0.05, 0.1) is 22.3 Å². The van der Waals surface area contributed by atoms with Crippen LogP contribution in [0.4, 0.5) is 0 Å². The van der Waals surface area contributed by atoms with Crippen molar-refractivity contribution < 1.29 is 31.7 Å².